The highest BCUT2D eigenvalue weighted by Gasteiger charge is 2.08. The van der Waals surface area contributed by atoms with E-state index in [1.165, 1.54) is 26.8 Å². The molecule has 0 aliphatic carbocycles. The number of benzene rings is 1. The zero-order chi connectivity index (χ0) is 12.5. The van der Waals surface area contributed by atoms with Gasteiger partial charge in [0.15, 0.2) is 10.8 Å². The van der Waals surface area contributed by atoms with E-state index in [1.54, 1.807) is 11.3 Å². The third-order valence-electron chi connectivity index (χ3n) is 2.43. The topological polar surface area (TPSA) is 62.2 Å². The molecule has 1 aromatic carbocycles. The van der Waals surface area contributed by atoms with Crippen molar-refractivity contribution >= 4 is 49.5 Å². The van der Waals surface area contributed by atoms with Crippen LogP contribution in [0.25, 0.3) is 10.1 Å². The highest BCUT2D eigenvalue weighted by atomic mass is 32.1. The molecule has 0 aliphatic rings. The monoisotopic (exact) mass is 276 g/mol. The first-order valence-corrected chi connectivity index (χ1v) is 6.91. The van der Waals surface area contributed by atoms with E-state index in [0.717, 1.165) is 5.69 Å². The van der Waals surface area contributed by atoms with E-state index in [9.17, 15) is 4.79 Å². The average molecular weight is 276 g/mol. The van der Waals surface area contributed by atoms with Crippen molar-refractivity contribution in [2.24, 2.45) is 0 Å². The van der Waals surface area contributed by atoms with Crippen molar-refractivity contribution in [3.8, 4) is 0 Å². The third-order valence-corrected chi connectivity index (χ3v) is 4.08. The quantitative estimate of drug-likeness (QED) is 0.763. The minimum Gasteiger partial charge on any atom is -0.476 e. The van der Waals surface area contributed by atoms with Crippen molar-refractivity contribution in [2.45, 2.75) is 0 Å². The number of thiophene rings is 1. The van der Waals surface area contributed by atoms with Crippen molar-refractivity contribution in [2.75, 3.05) is 5.32 Å². The van der Waals surface area contributed by atoms with Crippen LogP contribution in [0.2, 0.25) is 0 Å². The third kappa shape index (κ3) is 2.07. The summed E-state index contributed by atoms with van der Waals surface area (Å²) >= 11 is 2.97. The number of hydrogen-bond acceptors (Lipinski definition) is 5. The fourth-order valence-electron chi connectivity index (χ4n) is 1.60. The van der Waals surface area contributed by atoms with Crippen LogP contribution >= 0.6 is 22.7 Å². The Balaban J connectivity index is 1.88. The SMILES string of the molecule is O=C(O)c1csc(Nc2ccc3sccc3c2)n1. The first kappa shape index (κ1) is 11.2. The van der Waals surface area contributed by atoms with Gasteiger partial charge in [0.1, 0.15) is 0 Å². The van der Waals surface area contributed by atoms with E-state index in [4.69, 9.17) is 5.11 Å². The van der Waals surface area contributed by atoms with Gasteiger partial charge in [0.05, 0.1) is 0 Å². The largest absolute Gasteiger partial charge is 0.476 e. The zero-order valence-corrected chi connectivity index (χ0v) is 10.7. The Kier molecular flexibility index (Phi) is 2.73. The Hall–Kier alpha value is -1.92. The van der Waals surface area contributed by atoms with Gasteiger partial charge in [-0.3, -0.25) is 0 Å². The van der Waals surface area contributed by atoms with Gasteiger partial charge in [-0.15, -0.1) is 22.7 Å². The number of carboxylic acid groups (broad SMARTS) is 1. The lowest BCUT2D eigenvalue weighted by atomic mass is 10.2. The molecule has 0 saturated carbocycles. The Bertz CT molecular complexity index is 718. The Morgan fingerprint density at radius 3 is 2.94 bits per heavy atom. The standard InChI is InChI=1S/C12H8N2O2S2/c15-11(16)9-6-18-12(14-9)13-8-1-2-10-7(5-8)3-4-17-10/h1-6H,(H,13,14)(H,15,16). The molecule has 3 aromatic rings. The summed E-state index contributed by atoms with van der Waals surface area (Å²) in [5.41, 5.74) is 0.978. The molecule has 90 valence electrons. The fourth-order valence-corrected chi connectivity index (χ4v) is 3.07. The summed E-state index contributed by atoms with van der Waals surface area (Å²) in [5, 5.41) is 17.2. The summed E-state index contributed by atoms with van der Waals surface area (Å²) < 4.78 is 1.23. The molecular weight excluding hydrogens is 268 g/mol. The molecule has 0 aliphatic heterocycles. The molecule has 0 amide bonds. The van der Waals surface area contributed by atoms with Crippen LogP contribution in [-0.2, 0) is 0 Å². The van der Waals surface area contributed by atoms with Crippen LogP contribution in [0.1, 0.15) is 10.5 Å². The molecule has 2 aromatic heterocycles. The summed E-state index contributed by atoms with van der Waals surface area (Å²) in [4.78, 5) is 14.7. The second-order valence-corrected chi connectivity index (χ2v) is 5.45. The second-order valence-electron chi connectivity index (χ2n) is 3.64. The lowest BCUT2D eigenvalue weighted by molar-refractivity contribution is 0.0691. The van der Waals surface area contributed by atoms with E-state index < -0.39 is 5.97 Å². The van der Waals surface area contributed by atoms with Crippen LogP contribution in [0.4, 0.5) is 10.8 Å². The number of aromatic carboxylic acids is 1. The van der Waals surface area contributed by atoms with Gasteiger partial charge in [-0.2, -0.15) is 0 Å². The number of hydrogen-bond donors (Lipinski definition) is 2. The first-order chi connectivity index (χ1) is 8.72. The van der Waals surface area contributed by atoms with Crippen LogP contribution in [0.15, 0.2) is 35.0 Å². The van der Waals surface area contributed by atoms with Gasteiger partial charge in [-0.1, -0.05) is 0 Å². The molecule has 0 atom stereocenters. The van der Waals surface area contributed by atoms with Gasteiger partial charge in [0.2, 0.25) is 0 Å². The maximum Gasteiger partial charge on any atom is 0.355 e. The summed E-state index contributed by atoms with van der Waals surface area (Å²) in [6.45, 7) is 0. The number of carbonyl (C=O) groups is 1. The number of aromatic nitrogens is 1. The predicted molar refractivity (Wildman–Crippen MR) is 74.2 cm³/mol. The van der Waals surface area contributed by atoms with Gasteiger partial charge >= 0.3 is 5.97 Å². The Morgan fingerprint density at radius 2 is 2.17 bits per heavy atom. The molecule has 2 heterocycles. The van der Waals surface area contributed by atoms with Crippen LogP contribution < -0.4 is 5.32 Å². The number of carboxylic acids is 1. The molecule has 0 radical (unpaired) electrons. The van der Waals surface area contributed by atoms with E-state index in [1.807, 2.05) is 23.6 Å². The Labute approximate surface area is 111 Å². The van der Waals surface area contributed by atoms with Crippen molar-refractivity contribution in [3.05, 3.63) is 40.7 Å². The summed E-state index contributed by atoms with van der Waals surface area (Å²) in [6, 6.07) is 8.07. The summed E-state index contributed by atoms with van der Waals surface area (Å²) in [6.07, 6.45) is 0. The lowest BCUT2D eigenvalue weighted by Crippen LogP contribution is -1.97. The van der Waals surface area contributed by atoms with Gasteiger partial charge in [0, 0.05) is 15.8 Å². The Morgan fingerprint density at radius 1 is 1.28 bits per heavy atom. The molecule has 3 rings (SSSR count). The highest BCUT2D eigenvalue weighted by molar-refractivity contribution is 7.17. The van der Waals surface area contributed by atoms with Crippen LogP contribution in [0.5, 0.6) is 0 Å². The van der Waals surface area contributed by atoms with Crippen LogP contribution in [-0.4, -0.2) is 16.1 Å². The lowest BCUT2D eigenvalue weighted by Gasteiger charge is -2.02. The molecule has 6 heteroatoms. The minimum absolute atomic E-state index is 0.0686. The number of nitrogens with zero attached hydrogens (tertiary/aromatic N) is 1. The summed E-state index contributed by atoms with van der Waals surface area (Å²) in [7, 11) is 0. The number of fused-ring (bicyclic) bond motifs is 1. The molecule has 0 unspecified atom stereocenters. The second kappa shape index (κ2) is 4.40. The summed E-state index contributed by atoms with van der Waals surface area (Å²) in [5.74, 6) is -1.01. The molecular formula is C12H8N2O2S2. The predicted octanol–water partition coefficient (Wildman–Crippen LogP) is 3.80. The highest BCUT2D eigenvalue weighted by Crippen LogP contribution is 2.27. The van der Waals surface area contributed by atoms with E-state index in [0.29, 0.717) is 5.13 Å². The van der Waals surface area contributed by atoms with Crippen molar-refractivity contribution < 1.29 is 9.90 Å². The van der Waals surface area contributed by atoms with Gasteiger partial charge in [-0.25, -0.2) is 9.78 Å². The fraction of sp³-hybridized carbons (Fsp3) is 0. The van der Waals surface area contributed by atoms with Gasteiger partial charge in [0.25, 0.3) is 0 Å². The van der Waals surface area contributed by atoms with Gasteiger partial charge < -0.3 is 10.4 Å². The first-order valence-electron chi connectivity index (χ1n) is 5.15. The number of thiazole rings is 1. The molecule has 18 heavy (non-hydrogen) atoms. The molecule has 0 bridgehead atoms. The maximum atomic E-state index is 10.7. The van der Waals surface area contributed by atoms with E-state index >= 15 is 0 Å². The van der Waals surface area contributed by atoms with Crippen LogP contribution in [0, 0.1) is 0 Å². The number of rotatable bonds is 3. The molecule has 0 saturated heterocycles. The smallest absolute Gasteiger partial charge is 0.355 e. The van der Waals surface area contributed by atoms with Gasteiger partial charge in [-0.05, 0) is 35.0 Å². The minimum atomic E-state index is -1.01. The zero-order valence-electron chi connectivity index (χ0n) is 9.08. The molecule has 0 fully saturated rings. The molecule has 4 nitrogen and oxygen atoms in total. The number of nitrogens with one attached hydrogen (secondary N) is 1. The van der Waals surface area contributed by atoms with Crippen molar-refractivity contribution in [3.63, 3.8) is 0 Å². The maximum absolute atomic E-state index is 10.7. The van der Waals surface area contributed by atoms with Crippen molar-refractivity contribution in [1.82, 2.24) is 4.98 Å². The van der Waals surface area contributed by atoms with E-state index in [-0.39, 0.29) is 5.69 Å². The number of anilines is 2. The molecule has 2 N–H and O–H groups in total. The van der Waals surface area contributed by atoms with E-state index in [2.05, 4.69) is 16.4 Å². The van der Waals surface area contributed by atoms with Crippen LogP contribution in [0.3, 0.4) is 0 Å². The van der Waals surface area contributed by atoms with Crippen molar-refractivity contribution in [1.29, 1.82) is 0 Å². The normalized spacial score (nSPS) is 10.7. The average Bonchev–Trinajstić information content (AvgIpc) is 2.96. The molecule has 0 spiro atoms.